The number of nitriles is 1. The van der Waals surface area contributed by atoms with E-state index in [1.807, 2.05) is 30.3 Å². The first-order chi connectivity index (χ1) is 12.1. The molecule has 1 aliphatic rings. The monoisotopic (exact) mass is 343 g/mol. The number of benzene rings is 1. The number of aryl methyl sites for hydroxylation is 1. The third-order valence-electron chi connectivity index (χ3n) is 4.65. The van der Waals surface area contributed by atoms with Gasteiger partial charge in [-0.25, -0.2) is 0 Å². The third-order valence-corrected chi connectivity index (χ3v) is 4.65. The standard InChI is InChI=1S/C19H25N3O3/c1-25-16-8-5-15(6-9-16)7-10-17(23)22-19(11-3-2-4-12-19)18(24)21-14-13-20/h5-6,8-9H,2-4,7,10-12,14H2,1H3,(H,21,24)(H,22,23). The highest BCUT2D eigenvalue weighted by atomic mass is 16.5. The van der Waals surface area contributed by atoms with E-state index in [2.05, 4.69) is 10.6 Å². The molecule has 2 amide bonds. The van der Waals surface area contributed by atoms with Crippen molar-refractivity contribution >= 4 is 11.8 Å². The minimum Gasteiger partial charge on any atom is -0.497 e. The van der Waals surface area contributed by atoms with Crippen molar-refractivity contribution in [1.82, 2.24) is 10.6 Å². The molecule has 0 atom stereocenters. The van der Waals surface area contributed by atoms with E-state index in [0.717, 1.165) is 30.6 Å². The predicted octanol–water partition coefficient (Wildman–Crippen LogP) is 2.09. The van der Waals surface area contributed by atoms with Crippen LogP contribution in [0.25, 0.3) is 0 Å². The van der Waals surface area contributed by atoms with Gasteiger partial charge in [-0.3, -0.25) is 9.59 Å². The van der Waals surface area contributed by atoms with Crippen LogP contribution in [0.1, 0.15) is 44.1 Å². The molecule has 0 spiro atoms. The number of rotatable bonds is 7. The predicted molar refractivity (Wildman–Crippen MR) is 93.9 cm³/mol. The molecule has 2 N–H and O–H groups in total. The van der Waals surface area contributed by atoms with Crippen LogP contribution in [0, 0.1) is 11.3 Å². The molecule has 2 rings (SSSR count). The molecule has 0 aromatic heterocycles. The van der Waals surface area contributed by atoms with Crippen molar-refractivity contribution in [3.05, 3.63) is 29.8 Å². The van der Waals surface area contributed by atoms with E-state index in [4.69, 9.17) is 10.00 Å². The number of carbonyl (C=O) groups excluding carboxylic acids is 2. The Bertz CT molecular complexity index is 628. The van der Waals surface area contributed by atoms with Crippen molar-refractivity contribution < 1.29 is 14.3 Å². The van der Waals surface area contributed by atoms with Crippen molar-refractivity contribution in [2.45, 2.75) is 50.5 Å². The summed E-state index contributed by atoms with van der Waals surface area (Å²) in [7, 11) is 1.61. The van der Waals surface area contributed by atoms with Gasteiger partial charge in [0.1, 0.15) is 17.8 Å². The van der Waals surface area contributed by atoms with Gasteiger partial charge in [-0.2, -0.15) is 5.26 Å². The van der Waals surface area contributed by atoms with E-state index in [-0.39, 0.29) is 18.4 Å². The minimum atomic E-state index is -0.869. The van der Waals surface area contributed by atoms with Crippen molar-refractivity contribution in [1.29, 1.82) is 5.26 Å². The van der Waals surface area contributed by atoms with Crippen LogP contribution in [0.15, 0.2) is 24.3 Å². The maximum Gasteiger partial charge on any atom is 0.246 e. The fourth-order valence-corrected chi connectivity index (χ4v) is 3.23. The minimum absolute atomic E-state index is 0.0394. The van der Waals surface area contributed by atoms with E-state index >= 15 is 0 Å². The number of nitrogens with zero attached hydrogens (tertiary/aromatic N) is 1. The van der Waals surface area contributed by atoms with Gasteiger partial charge in [-0.15, -0.1) is 0 Å². The van der Waals surface area contributed by atoms with Gasteiger partial charge in [0.05, 0.1) is 13.2 Å². The first-order valence-electron chi connectivity index (χ1n) is 8.69. The van der Waals surface area contributed by atoms with Gasteiger partial charge in [0.15, 0.2) is 0 Å². The van der Waals surface area contributed by atoms with Crippen molar-refractivity contribution in [3.63, 3.8) is 0 Å². The Morgan fingerprint density at radius 2 is 1.88 bits per heavy atom. The van der Waals surface area contributed by atoms with Gasteiger partial charge in [-0.1, -0.05) is 31.4 Å². The molecule has 1 saturated carbocycles. The summed E-state index contributed by atoms with van der Waals surface area (Å²) in [4.78, 5) is 24.9. The van der Waals surface area contributed by atoms with Gasteiger partial charge in [0.2, 0.25) is 11.8 Å². The zero-order chi connectivity index (χ0) is 18.1. The molecule has 0 bridgehead atoms. The highest BCUT2D eigenvalue weighted by molar-refractivity contribution is 5.91. The summed E-state index contributed by atoms with van der Waals surface area (Å²) >= 11 is 0. The van der Waals surface area contributed by atoms with Gasteiger partial charge in [0, 0.05) is 6.42 Å². The Kier molecular flexibility index (Phi) is 6.81. The molecule has 0 unspecified atom stereocenters. The fourth-order valence-electron chi connectivity index (χ4n) is 3.23. The van der Waals surface area contributed by atoms with Gasteiger partial charge in [0.25, 0.3) is 0 Å². The number of ether oxygens (including phenoxy) is 1. The molecule has 0 saturated heterocycles. The lowest BCUT2D eigenvalue weighted by atomic mass is 9.80. The first-order valence-corrected chi connectivity index (χ1v) is 8.69. The largest absolute Gasteiger partial charge is 0.497 e. The molecule has 134 valence electrons. The first kappa shape index (κ1) is 18.8. The topological polar surface area (TPSA) is 91.2 Å². The molecule has 1 aliphatic carbocycles. The van der Waals surface area contributed by atoms with Gasteiger partial charge >= 0.3 is 0 Å². The molecule has 6 nitrogen and oxygen atoms in total. The average molecular weight is 343 g/mol. The van der Waals surface area contributed by atoms with Gasteiger partial charge < -0.3 is 15.4 Å². The normalized spacial score (nSPS) is 15.7. The summed E-state index contributed by atoms with van der Waals surface area (Å²) in [5.74, 6) is 0.403. The van der Waals surface area contributed by atoms with Crippen molar-refractivity contribution in [3.8, 4) is 11.8 Å². The number of amides is 2. The summed E-state index contributed by atoms with van der Waals surface area (Å²) in [6.45, 7) is -0.0394. The second-order valence-electron chi connectivity index (χ2n) is 6.38. The molecular weight excluding hydrogens is 318 g/mol. The molecule has 0 heterocycles. The Morgan fingerprint density at radius 3 is 2.48 bits per heavy atom. The molecule has 1 aromatic carbocycles. The molecular formula is C19H25N3O3. The number of methoxy groups -OCH3 is 1. The third kappa shape index (κ3) is 5.21. The molecule has 0 aliphatic heterocycles. The van der Waals surface area contributed by atoms with Crippen LogP contribution < -0.4 is 15.4 Å². The average Bonchev–Trinajstić information content (AvgIpc) is 2.65. The zero-order valence-corrected chi connectivity index (χ0v) is 14.6. The fraction of sp³-hybridized carbons (Fsp3) is 0.526. The number of hydrogen-bond donors (Lipinski definition) is 2. The summed E-state index contributed by atoms with van der Waals surface area (Å²) in [5.41, 5.74) is 0.175. The second-order valence-corrected chi connectivity index (χ2v) is 6.38. The van der Waals surface area contributed by atoms with Crippen molar-refractivity contribution in [2.24, 2.45) is 0 Å². The van der Waals surface area contributed by atoms with Crippen LogP contribution in [0.3, 0.4) is 0 Å². The Labute approximate surface area is 148 Å². The van der Waals surface area contributed by atoms with Crippen LogP contribution in [0.5, 0.6) is 5.75 Å². The second kappa shape index (κ2) is 9.07. The Hall–Kier alpha value is -2.55. The number of nitrogens with one attached hydrogen (secondary N) is 2. The van der Waals surface area contributed by atoms with Crippen LogP contribution in [0.4, 0.5) is 0 Å². The molecule has 0 radical (unpaired) electrons. The summed E-state index contributed by atoms with van der Waals surface area (Å²) in [5, 5.41) is 14.2. The van der Waals surface area contributed by atoms with E-state index in [9.17, 15) is 9.59 Å². The maximum absolute atomic E-state index is 12.5. The Morgan fingerprint density at radius 1 is 1.20 bits per heavy atom. The summed E-state index contributed by atoms with van der Waals surface area (Å²) in [6.07, 6.45) is 5.04. The lowest BCUT2D eigenvalue weighted by Gasteiger charge is -2.36. The smallest absolute Gasteiger partial charge is 0.246 e. The lowest BCUT2D eigenvalue weighted by Crippen LogP contribution is -2.59. The van der Waals surface area contributed by atoms with Crippen LogP contribution in [-0.4, -0.2) is 31.0 Å². The SMILES string of the molecule is COc1ccc(CCC(=O)NC2(C(=O)NCC#N)CCCCC2)cc1. The lowest BCUT2D eigenvalue weighted by molar-refractivity contribution is -0.134. The summed E-state index contributed by atoms with van der Waals surface area (Å²) in [6, 6.07) is 9.51. The summed E-state index contributed by atoms with van der Waals surface area (Å²) < 4.78 is 5.12. The van der Waals surface area contributed by atoms with Crippen LogP contribution in [0.2, 0.25) is 0 Å². The highest BCUT2D eigenvalue weighted by Crippen LogP contribution is 2.28. The molecule has 1 fully saturated rings. The number of hydrogen-bond acceptors (Lipinski definition) is 4. The maximum atomic E-state index is 12.5. The Balaban J connectivity index is 1.94. The van der Waals surface area contributed by atoms with Crippen molar-refractivity contribution in [2.75, 3.05) is 13.7 Å². The van der Waals surface area contributed by atoms with Crippen LogP contribution >= 0.6 is 0 Å². The van der Waals surface area contributed by atoms with E-state index in [1.54, 1.807) is 7.11 Å². The highest BCUT2D eigenvalue weighted by Gasteiger charge is 2.40. The quantitative estimate of drug-likeness (QED) is 0.742. The molecule has 1 aromatic rings. The van der Waals surface area contributed by atoms with E-state index in [0.29, 0.717) is 25.7 Å². The molecule has 25 heavy (non-hydrogen) atoms. The van der Waals surface area contributed by atoms with E-state index < -0.39 is 5.54 Å². The van der Waals surface area contributed by atoms with Gasteiger partial charge in [-0.05, 0) is 37.0 Å². The molecule has 6 heteroatoms. The van der Waals surface area contributed by atoms with Crippen LogP contribution in [-0.2, 0) is 16.0 Å². The zero-order valence-electron chi connectivity index (χ0n) is 14.6. The number of carbonyl (C=O) groups is 2. The van der Waals surface area contributed by atoms with E-state index in [1.165, 1.54) is 0 Å².